The Morgan fingerprint density at radius 2 is 1.96 bits per heavy atom. The number of carbonyl (C=O) groups excluding carboxylic acids is 2. The van der Waals surface area contributed by atoms with Crippen molar-refractivity contribution in [1.29, 1.82) is 0 Å². The third-order valence-corrected chi connectivity index (χ3v) is 4.16. The fraction of sp³-hybridized carbons (Fsp3) is 0.333. The van der Waals surface area contributed by atoms with Gasteiger partial charge in [-0.3, -0.25) is 10.1 Å². The van der Waals surface area contributed by atoms with Crippen LogP contribution in [0.15, 0.2) is 29.4 Å². The van der Waals surface area contributed by atoms with Gasteiger partial charge in [0.1, 0.15) is 5.75 Å². The number of ether oxygens (including phenoxy) is 1. The smallest absolute Gasteiger partial charge is 0.321 e. The predicted octanol–water partition coefficient (Wildman–Crippen LogP) is 1.52. The molecule has 2 aromatic rings. The summed E-state index contributed by atoms with van der Waals surface area (Å²) < 4.78 is 7.06. The molecule has 2 rings (SSSR count). The molecule has 0 aliphatic carbocycles. The maximum atomic E-state index is 11.7. The molecule has 0 bridgehead atoms. The summed E-state index contributed by atoms with van der Waals surface area (Å²) in [5.74, 6) is 1.17. The third-order valence-electron chi connectivity index (χ3n) is 3.19. The lowest BCUT2D eigenvalue weighted by Gasteiger charge is -2.08. The molecule has 8 nitrogen and oxygen atoms in total. The van der Waals surface area contributed by atoms with Gasteiger partial charge in [0.15, 0.2) is 11.0 Å². The molecule has 0 aliphatic heterocycles. The summed E-state index contributed by atoms with van der Waals surface area (Å²) in [5, 5.41) is 13.5. The van der Waals surface area contributed by atoms with Crippen LogP contribution in [0.4, 0.5) is 4.79 Å². The van der Waals surface area contributed by atoms with Gasteiger partial charge in [0.05, 0.1) is 12.9 Å². The zero-order chi connectivity index (χ0) is 17.5. The van der Waals surface area contributed by atoms with Crippen LogP contribution < -0.4 is 15.4 Å². The van der Waals surface area contributed by atoms with Gasteiger partial charge in [0.25, 0.3) is 0 Å². The Hall–Kier alpha value is -2.55. The molecule has 0 saturated carbocycles. The van der Waals surface area contributed by atoms with E-state index in [1.54, 1.807) is 7.11 Å². The van der Waals surface area contributed by atoms with Crippen LogP contribution in [-0.2, 0) is 11.3 Å². The molecular weight excluding hydrogens is 330 g/mol. The van der Waals surface area contributed by atoms with Crippen LogP contribution in [0.2, 0.25) is 0 Å². The van der Waals surface area contributed by atoms with Gasteiger partial charge >= 0.3 is 6.03 Å². The highest BCUT2D eigenvalue weighted by molar-refractivity contribution is 7.99. The van der Waals surface area contributed by atoms with Crippen molar-refractivity contribution in [3.63, 3.8) is 0 Å². The highest BCUT2D eigenvalue weighted by Crippen LogP contribution is 2.25. The molecule has 0 atom stereocenters. The van der Waals surface area contributed by atoms with Gasteiger partial charge in [-0.1, -0.05) is 11.8 Å². The molecule has 1 aromatic heterocycles. The maximum Gasteiger partial charge on any atom is 0.321 e. The van der Waals surface area contributed by atoms with E-state index in [9.17, 15) is 9.59 Å². The first-order valence-electron chi connectivity index (χ1n) is 7.31. The summed E-state index contributed by atoms with van der Waals surface area (Å²) in [6.07, 6.45) is 0. The standard InChI is InChI=1S/C15H19N5O3S/c1-4-20-13(10-5-7-11(23-3)8-6-10)18-19-15(20)24-9-12(21)17-14(22)16-2/h5-8H,4,9H2,1-3H3,(H2,16,17,21,22). The van der Waals surface area contributed by atoms with Gasteiger partial charge in [-0.15, -0.1) is 10.2 Å². The fourth-order valence-electron chi connectivity index (χ4n) is 1.99. The molecule has 3 amide bonds. The summed E-state index contributed by atoms with van der Waals surface area (Å²) in [7, 11) is 3.06. The Kier molecular flexibility index (Phi) is 6.19. The summed E-state index contributed by atoms with van der Waals surface area (Å²) in [4.78, 5) is 22.8. The SMILES string of the molecule is CCn1c(SCC(=O)NC(=O)NC)nnc1-c1ccc(OC)cc1. The second kappa shape index (κ2) is 8.34. The minimum absolute atomic E-state index is 0.0775. The second-order valence-electron chi connectivity index (χ2n) is 4.69. The average molecular weight is 349 g/mol. The molecule has 0 saturated heterocycles. The number of amides is 3. The molecular formula is C15H19N5O3S. The van der Waals surface area contributed by atoms with Crippen LogP contribution in [0.1, 0.15) is 6.92 Å². The average Bonchev–Trinajstić information content (AvgIpc) is 3.02. The zero-order valence-corrected chi connectivity index (χ0v) is 14.5. The molecule has 0 radical (unpaired) electrons. The number of hydrogen-bond donors (Lipinski definition) is 2. The van der Waals surface area contributed by atoms with Crippen LogP contribution in [0.3, 0.4) is 0 Å². The van der Waals surface area contributed by atoms with Crippen molar-refractivity contribution in [3.05, 3.63) is 24.3 Å². The second-order valence-corrected chi connectivity index (χ2v) is 5.64. The summed E-state index contributed by atoms with van der Waals surface area (Å²) in [5.41, 5.74) is 0.909. The van der Waals surface area contributed by atoms with E-state index < -0.39 is 11.9 Å². The Bertz CT molecular complexity index is 714. The number of nitrogens with one attached hydrogen (secondary N) is 2. The minimum Gasteiger partial charge on any atom is -0.497 e. The quantitative estimate of drug-likeness (QED) is 0.768. The zero-order valence-electron chi connectivity index (χ0n) is 13.7. The Balaban J connectivity index is 2.11. The van der Waals surface area contributed by atoms with Crippen molar-refractivity contribution in [2.24, 2.45) is 0 Å². The van der Waals surface area contributed by atoms with Crippen LogP contribution in [0.25, 0.3) is 11.4 Å². The predicted molar refractivity (Wildman–Crippen MR) is 91.0 cm³/mol. The van der Waals surface area contributed by atoms with E-state index in [4.69, 9.17) is 4.74 Å². The van der Waals surface area contributed by atoms with Crippen molar-refractivity contribution in [2.75, 3.05) is 19.9 Å². The Morgan fingerprint density at radius 1 is 1.25 bits per heavy atom. The molecule has 0 unspecified atom stereocenters. The van der Waals surface area contributed by atoms with Crippen molar-refractivity contribution in [1.82, 2.24) is 25.4 Å². The number of imide groups is 1. The molecule has 1 heterocycles. The molecule has 0 aliphatic rings. The number of nitrogens with zero attached hydrogens (tertiary/aromatic N) is 3. The number of hydrogen-bond acceptors (Lipinski definition) is 6. The van der Waals surface area contributed by atoms with Crippen molar-refractivity contribution < 1.29 is 14.3 Å². The number of thioether (sulfide) groups is 1. The molecule has 24 heavy (non-hydrogen) atoms. The van der Waals surface area contributed by atoms with Crippen LogP contribution in [-0.4, -0.2) is 46.6 Å². The number of carbonyl (C=O) groups is 2. The van der Waals surface area contributed by atoms with E-state index in [1.807, 2.05) is 35.8 Å². The van der Waals surface area contributed by atoms with Crippen LogP contribution in [0, 0.1) is 0 Å². The molecule has 128 valence electrons. The van der Waals surface area contributed by atoms with E-state index >= 15 is 0 Å². The third kappa shape index (κ3) is 4.25. The van der Waals surface area contributed by atoms with Gasteiger partial charge in [0.2, 0.25) is 5.91 Å². The number of methoxy groups -OCH3 is 1. The van der Waals surface area contributed by atoms with E-state index in [1.165, 1.54) is 18.8 Å². The first-order chi connectivity index (χ1) is 11.6. The molecule has 2 N–H and O–H groups in total. The van der Waals surface area contributed by atoms with E-state index in [0.717, 1.165) is 17.1 Å². The largest absolute Gasteiger partial charge is 0.497 e. The lowest BCUT2D eigenvalue weighted by Crippen LogP contribution is -2.38. The maximum absolute atomic E-state index is 11.7. The summed E-state index contributed by atoms with van der Waals surface area (Å²) in [6.45, 7) is 2.64. The molecule has 0 spiro atoms. The highest BCUT2D eigenvalue weighted by atomic mass is 32.2. The Morgan fingerprint density at radius 3 is 2.54 bits per heavy atom. The number of rotatable bonds is 6. The lowest BCUT2D eigenvalue weighted by molar-refractivity contribution is -0.117. The summed E-state index contributed by atoms with van der Waals surface area (Å²) >= 11 is 1.23. The number of urea groups is 1. The lowest BCUT2D eigenvalue weighted by atomic mass is 10.2. The van der Waals surface area contributed by atoms with Gasteiger partial charge in [-0.25, -0.2) is 4.79 Å². The monoisotopic (exact) mass is 349 g/mol. The van der Waals surface area contributed by atoms with E-state index in [-0.39, 0.29) is 5.75 Å². The first kappa shape index (κ1) is 17.8. The van der Waals surface area contributed by atoms with Crippen LogP contribution in [0.5, 0.6) is 5.75 Å². The van der Waals surface area contributed by atoms with Gasteiger partial charge in [-0.05, 0) is 31.2 Å². The van der Waals surface area contributed by atoms with Gasteiger partial charge in [0, 0.05) is 19.2 Å². The molecule has 1 aromatic carbocycles. The topological polar surface area (TPSA) is 98.1 Å². The van der Waals surface area contributed by atoms with E-state index in [0.29, 0.717) is 11.7 Å². The number of aromatic nitrogens is 3. The molecule has 9 heteroatoms. The van der Waals surface area contributed by atoms with Gasteiger partial charge in [-0.2, -0.15) is 0 Å². The Labute approximate surface area is 144 Å². The van der Waals surface area contributed by atoms with Crippen molar-refractivity contribution in [3.8, 4) is 17.1 Å². The van der Waals surface area contributed by atoms with Crippen LogP contribution >= 0.6 is 11.8 Å². The highest BCUT2D eigenvalue weighted by Gasteiger charge is 2.15. The first-order valence-corrected chi connectivity index (χ1v) is 8.29. The molecule has 0 fully saturated rings. The fourth-order valence-corrected chi connectivity index (χ4v) is 2.79. The van der Waals surface area contributed by atoms with Gasteiger partial charge < -0.3 is 14.6 Å². The van der Waals surface area contributed by atoms with Crippen molar-refractivity contribution >= 4 is 23.7 Å². The minimum atomic E-state index is -0.531. The number of benzene rings is 1. The van der Waals surface area contributed by atoms with Crippen molar-refractivity contribution in [2.45, 2.75) is 18.6 Å². The summed E-state index contributed by atoms with van der Waals surface area (Å²) in [6, 6.07) is 6.99. The van der Waals surface area contributed by atoms with E-state index in [2.05, 4.69) is 20.8 Å². The normalized spacial score (nSPS) is 10.3.